The fourth-order valence-corrected chi connectivity index (χ4v) is 3.12. The van der Waals surface area contributed by atoms with E-state index in [2.05, 4.69) is 4.90 Å². The van der Waals surface area contributed by atoms with Crippen LogP contribution in [-0.2, 0) is 10.0 Å². The Balaban J connectivity index is 2.05. The van der Waals surface area contributed by atoms with Crippen molar-refractivity contribution < 1.29 is 8.42 Å². The lowest BCUT2D eigenvalue weighted by molar-refractivity contribution is 0.159. The van der Waals surface area contributed by atoms with Gasteiger partial charge in [-0.25, -0.2) is 8.42 Å². The standard InChI is InChI=1S/C8H16N2O2S/c1-13(11,12)10-6-5-9-4-2-3-8(9)7-10/h8H,2-7H2,1H3. The van der Waals surface area contributed by atoms with E-state index in [1.807, 2.05) is 0 Å². The van der Waals surface area contributed by atoms with Gasteiger partial charge < -0.3 is 0 Å². The Kier molecular flexibility index (Phi) is 2.33. The molecule has 2 fully saturated rings. The Bertz CT molecular complexity index is 289. The molecular formula is C8H16N2O2S. The van der Waals surface area contributed by atoms with Crippen LogP contribution in [0.1, 0.15) is 12.8 Å². The molecule has 2 aliphatic heterocycles. The Morgan fingerprint density at radius 3 is 2.69 bits per heavy atom. The molecule has 0 radical (unpaired) electrons. The van der Waals surface area contributed by atoms with Crippen molar-refractivity contribution in [1.29, 1.82) is 0 Å². The molecule has 0 aromatic heterocycles. The Labute approximate surface area is 79.6 Å². The van der Waals surface area contributed by atoms with E-state index in [1.54, 1.807) is 4.31 Å². The molecule has 0 amide bonds. The van der Waals surface area contributed by atoms with Crippen LogP contribution >= 0.6 is 0 Å². The Hall–Kier alpha value is -0.130. The zero-order chi connectivity index (χ0) is 9.47. The van der Waals surface area contributed by atoms with Gasteiger partial charge in [-0.05, 0) is 19.4 Å². The molecule has 0 N–H and O–H groups in total. The molecule has 2 aliphatic rings. The molecule has 76 valence electrons. The monoisotopic (exact) mass is 204 g/mol. The van der Waals surface area contributed by atoms with Crippen molar-refractivity contribution in [1.82, 2.24) is 9.21 Å². The van der Waals surface area contributed by atoms with E-state index in [1.165, 1.54) is 12.7 Å². The molecule has 2 rings (SSSR count). The van der Waals surface area contributed by atoms with Crippen molar-refractivity contribution in [3.8, 4) is 0 Å². The summed E-state index contributed by atoms with van der Waals surface area (Å²) in [6, 6.07) is 0.489. The SMILES string of the molecule is CS(=O)(=O)N1CCN2CCCC2C1. The van der Waals surface area contributed by atoms with Crippen molar-refractivity contribution in [2.24, 2.45) is 0 Å². The van der Waals surface area contributed by atoms with Gasteiger partial charge in [0, 0.05) is 25.7 Å². The molecule has 1 atom stereocenters. The van der Waals surface area contributed by atoms with Gasteiger partial charge in [-0.1, -0.05) is 0 Å². The van der Waals surface area contributed by atoms with E-state index in [-0.39, 0.29) is 0 Å². The fraction of sp³-hybridized carbons (Fsp3) is 1.00. The summed E-state index contributed by atoms with van der Waals surface area (Å²) in [4.78, 5) is 2.40. The number of hydrogen-bond donors (Lipinski definition) is 0. The van der Waals surface area contributed by atoms with E-state index in [4.69, 9.17) is 0 Å². The third-order valence-corrected chi connectivity index (χ3v) is 4.29. The van der Waals surface area contributed by atoms with E-state index < -0.39 is 10.0 Å². The molecule has 0 bridgehead atoms. The summed E-state index contributed by atoms with van der Waals surface area (Å²) >= 11 is 0. The van der Waals surface area contributed by atoms with Gasteiger partial charge >= 0.3 is 0 Å². The van der Waals surface area contributed by atoms with Crippen molar-refractivity contribution >= 4 is 10.0 Å². The lowest BCUT2D eigenvalue weighted by Gasteiger charge is -2.35. The lowest BCUT2D eigenvalue weighted by Crippen LogP contribution is -2.51. The first-order chi connectivity index (χ1) is 6.07. The number of sulfonamides is 1. The second-order valence-electron chi connectivity index (χ2n) is 3.95. The van der Waals surface area contributed by atoms with Gasteiger partial charge in [0.2, 0.25) is 10.0 Å². The molecule has 0 aliphatic carbocycles. The molecular weight excluding hydrogens is 188 g/mol. The van der Waals surface area contributed by atoms with Gasteiger partial charge in [-0.3, -0.25) is 4.90 Å². The van der Waals surface area contributed by atoms with Crippen molar-refractivity contribution in [3.05, 3.63) is 0 Å². The van der Waals surface area contributed by atoms with Crippen LogP contribution < -0.4 is 0 Å². The van der Waals surface area contributed by atoms with Crippen LogP contribution in [0.15, 0.2) is 0 Å². The number of rotatable bonds is 1. The highest BCUT2D eigenvalue weighted by Gasteiger charge is 2.33. The number of hydrogen-bond acceptors (Lipinski definition) is 3. The number of fused-ring (bicyclic) bond motifs is 1. The normalized spacial score (nSPS) is 31.9. The Morgan fingerprint density at radius 2 is 2.00 bits per heavy atom. The molecule has 0 aromatic rings. The molecule has 2 saturated heterocycles. The van der Waals surface area contributed by atoms with Crippen molar-refractivity contribution in [3.63, 3.8) is 0 Å². The third-order valence-electron chi connectivity index (χ3n) is 3.02. The van der Waals surface area contributed by atoms with Gasteiger partial charge in [0.1, 0.15) is 0 Å². The quantitative estimate of drug-likeness (QED) is 0.590. The summed E-state index contributed by atoms with van der Waals surface area (Å²) in [5.74, 6) is 0. The molecule has 0 aromatic carbocycles. The second-order valence-corrected chi connectivity index (χ2v) is 5.94. The minimum absolute atomic E-state index is 0.489. The van der Waals surface area contributed by atoms with Crippen LogP contribution in [0.4, 0.5) is 0 Å². The first-order valence-corrected chi connectivity index (χ1v) is 6.61. The highest BCUT2D eigenvalue weighted by molar-refractivity contribution is 7.88. The van der Waals surface area contributed by atoms with Crippen molar-refractivity contribution in [2.45, 2.75) is 18.9 Å². The summed E-state index contributed by atoms with van der Waals surface area (Å²) in [7, 11) is -2.96. The molecule has 5 heteroatoms. The molecule has 4 nitrogen and oxygen atoms in total. The smallest absolute Gasteiger partial charge is 0.211 e. The van der Waals surface area contributed by atoms with Crippen LogP contribution in [0, 0.1) is 0 Å². The maximum Gasteiger partial charge on any atom is 0.211 e. The van der Waals surface area contributed by atoms with Crippen LogP contribution in [0.25, 0.3) is 0 Å². The Morgan fingerprint density at radius 1 is 1.23 bits per heavy atom. The lowest BCUT2D eigenvalue weighted by atomic mass is 10.2. The summed E-state index contributed by atoms with van der Waals surface area (Å²) in [5, 5.41) is 0. The average molecular weight is 204 g/mol. The minimum Gasteiger partial charge on any atom is -0.298 e. The van der Waals surface area contributed by atoms with Gasteiger partial charge in [0.25, 0.3) is 0 Å². The van der Waals surface area contributed by atoms with Gasteiger partial charge in [-0.15, -0.1) is 0 Å². The third kappa shape index (κ3) is 1.87. The van der Waals surface area contributed by atoms with Crippen LogP contribution in [0.3, 0.4) is 0 Å². The van der Waals surface area contributed by atoms with E-state index in [9.17, 15) is 8.42 Å². The van der Waals surface area contributed by atoms with Crippen LogP contribution in [0.5, 0.6) is 0 Å². The largest absolute Gasteiger partial charge is 0.298 e. The summed E-state index contributed by atoms with van der Waals surface area (Å²) in [6.45, 7) is 3.45. The minimum atomic E-state index is -2.96. The topological polar surface area (TPSA) is 40.6 Å². The highest BCUT2D eigenvalue weighted by atomic mass is 32.2. The van der Waals surface area contributed by atoms with Crippen molar-refractivity contribution in [2.75, 3.05) is 32.4 Å². The molecule has 13 heavy (non-hydrogen) atoms. The average Bonchev–Trinajstić information content (AvgIpc) is 2.47. The fourth-order valence-electron chi connectivity index (χ4n) is 2.26. The number of nitrogens with zero attached hydrogens (tertiary/aromatic N) is 2. The maximum atomic E-state index is 11.3. The van der Waals surface area contributed by atoms with Crippen LogP contribution in [-0.4, -0.2) is 56.1 Å². The summed E-state index contributed by atoms with van der Waals surface area (Å²) in [6.07, 6.45) is 3.69. The predicted molar refractivity (Wildman–Crippen MR) is 51.0 cm³/mol. The predicted octanol–water partition coefficient (Wildman–Crippen LogP) is -0.274. The zero-order valence-electron chi connectivity index (χ0n) is 7.94. The van der Waals surface area contributed by atoms with Crippen LogP contribution in [0.2, 0.25) is 0 Å². The maximum absolute atomic E-state index is 11.3. The van der Waals surface area contributed by atoms with E-state index >= 15 is 0 Å². The van der Waals surface area contributed by atoms with Gasteiger partial charge in [-0.2, -0.15) is 4.31 Å². The molecule has 0 saturated carbocycles. The molecule has 0 spiro atoms. The summed E-state index contributed by atoms with van der Waals surface area (Å²) in [5.41, 5.74) is 0. The van der Waals surface area contributed by atoms with E-state index in [0.29, 0.717) is 19.1 Å². The first-order valence-electron chi connectivity index (χ1n) is 4.76. The van der Waals surface area contributed by atoms with Gasteiger partial charge in [0.15, 0.2) is 0 Å². The second kappa shape index (κ2) is 3.22. The van der Waals surface area contributed by atoms with E-state index in [0.717, 1.165) is 19.5 Å². The molecule has 1 unspecified atom stereocenters. The zero-order valence-corrected chi connectivity index (χ0v) is 8.76. The summed E-state index contributed by atoms with van der Waals surface area (Å²) < 4.78 is 24.2. The number of piperazine rings is 1. The highest BCUT2D eigenvalue weighted by Crippen LogP contribution is 2.22. The molecule has 2 heterocycles. The first kappa shape index (κ1) is 9.43. The van der Waals surface area contributed by atoms with Gasteiger partial charge in [0.05, 0.1) is 6.26 Å².